The molecule has 9 rings (SSSR count). The average molecular weight is 868 g/mol. The SMILES string of the molecule is COc1cc(C2C3=CCC4C(=O)N(C5CCN(Cc6ccccc6)CC5)C(=O)C4C3CC3C(=O)N(Nc4ccc(F)cc4)C(=O)C32c2ccc(Cl)cc2)cc(Br)c1O. The van der Waals surface area contributed by atoms with Crippen molar-refractivity contribution in [3.63, 3.8) is 0 Å². The number of fused-ring (bicyclic) bond motifs is 4. The van der Waals surface area contributed by atoms with Gasteiger partial charge in [0.2, 0.25) is 11.8 Å². The van der Waals surface area contributed by atoms with E-state index in [1.807, 2.05) is 24.3 Å². The minimum Gasteiger partial charge on any atom is -0.503 e. The first-order valence-electron chi connectivity index (χ1n) is 19.6. The molecule has 3 heterocycles. The first-order valence-corrected chi connectivity index (χ1v) is 20.7. The maximum Gasteiger partial charge on any atom is 0.260 e. The van der Waals surface area contributed by atoms with E-state index in [1.54, 1.807) is 36.4 Å². The first-order chi connectivity index (χ1) is 28.0. The van der Waals surface area contributed by atoms with Gasteiger partial charge in [-0.1, -0.05) is 65.7 Å². The number of hydrogen-bond donors (Lipinski definition) is 2. The van der Waals surface area contributed by atoms with Gasteiger partial charge in [-0.2, -0.15) is 5.01 Å². The van der Waals surface area contributed by atoms with Crippen LogP contribution in [0.15, 0.2) is 107 Å². The highest BCUT2D eigenvalue weighted by Crippen LogP contribution is 2.65. The number of hydrogen-bond acceptors (Lipinski definition) is 8. The van der Waals surface area contributed by atoms with Gasteiger partial charge >= 0.3 is 0 Å². The first kappa shape index (κ1) is 38.5. The maximum atomic E-state index is 15.4. The van der Waals surface area contributed by atoms with Crippen molar-refractivity contribution in [2.24, 2.45) is 23.7 Å². The second-order valence-electron chi connectivity index (χ2n) is 16.0. The van der Waals surface area contributed by atoms with Crippen LogP contribution in [0.1, 0.15) is 48.3 Å². The maximum absolute atomic E-state index is 15.4. The number of carbonyl (C=O) groups is 4. The lowest BCUT2D eigenvalue weighted by atomic mass is 9.49. The number of hydrazine groups is 1. The number of carbonyl (C=O) groups excluding carboxylic acids is 4. The molecule has 4 fully saturated rings. The number of ether oxygens (including phenoxy) is 1. The molecule has 5 aliphatic rings. The Morgan fingerprint density at radius 1 is 0.914 bits per heavy atom. The van der Waals surface area contributed by atoms with Crippen LogP contribution in [0.2, 0.25) is 5.02 Å². The number of imide groups is 2. The van der Waals surface area contributed by atoms with Gasteiger partial charge in [0.05, 0.1) is 40.4 Å². The number of piperidine rings is 1. The summed E-state index contributed by atoms with van der Waals surface area (Å²) in [6, 6.07) is 25.6. The Balaban J connectivity index is 1.13. The van der Waals surface area contributed by atoms with Crippen LogP contribution in [0, 0.1) is 29.5 Å². The molecule has 58 heavy (non-hydrogen) atoms. The number of anilines is 1. The van der Waals surface area contributed by atoms with Gasteiger partial charge in [-0.05, 0) is 113 Å². The molecule has 2 aliphatic carbocycles. The average Bonchev–Trinajstić information content (AvgIpc) is 3.61. The summed E-state index contributed by atoms with van der Waals surface area (Å²) in [6.07, 6.45) is 3.74. The fraction of sp³-hybridized carbons (Fsp3) is 0.333. The van der Waals surface area contributed by atoms with Crippen molar-refractivity contribution in [1.29, 1.82) is 0 Å². The highest BCUT2D eigenvalue weighted by molar-refractivity contribution is 9.10. The van der Waals surface area contributed by atoms with Crippen LogP contribution in [-0.2, 0) is 31.1 Å². The predicted octanol–water partition coefficient (Wildman–Crippen LogP) is 7.61. The van der Waals surface area contributed by atoms with Crippen LogP contribution in [0.5, 0.6) is 11.5 Å². The minimum absolute atomic E-state index is 0.122. The number of halogens is 3. The molecule has 10 nitrogen and oxygen atoms in total. The molecule has 3 saturated heterocycles. The van der Waals surface area contributed by atoms with Crippen molar-refractivity contribution in [1.82, 2.24) is 14.8 Å². The topological polar surface area (TPSA) is 119 Å². The van der Waals surface area contributed by atoms with E-state index >= 15 is 4.79 Å². The molecule has 0 bridgehead atoms. The van der Waals surface area contributed by atoms with E-state index in [2.05, 4.69) is 38.4 Å². The van der Waals surface area contributed by atoms with Gasteiger partial charge in [0.25, 0.3) is 11.8 Å². The number of amides is 4. The quantitative estimate of drug-likeness (QED) is 0.137. The molecule has 0 aromatic heterocycles. The molecule has 4 amide bonds. The van der Waals surface area contributed by atoms with E-state index < -0.39 is 52.6 Å². The van der Waals surface area contributed by atoms with Crippen LogP contribution in [-0.4, -0.2) is 69.8 Å². The highest BCUT2D eigenvalue weighted by atomic mass is 79.9. The molecule has 0 radical (unpaired) electrons. The Morgan fingerprint density at radius 2 is 1.62 bits per heavy atom. The Labute approximate surface area is 348 Å². The lowest BCUT2D eigenvalue weighted by molar-refractivity contribution is -0.144. The van der Waals surface area contributed by atoms with Gasteiger partial charge in [-0.3, -0.25) is 34.4 Å². The molecule has 2 N–H and O–H groups in total. The molecular formula is C45H41BrClFN4O6. The number of phenolic OH excluding ortho intramolecular Hbond substituents is 1. The van der Waals surface area contributed by atoms with Crippen LogP contribution in [0.3, 0.4) is 0 Å². The number of methoxy groups -OCH3 is 1. The molecule has 13 heteroatoms. The molecular weight excluding hydrogens is 827 g/mol. The van der Waals surface area contributed by atoms with E-state index in [9.17, 15) is 23.9 Å². The summed E-state index contributed by atoms with van der Waals surface area (Å²) in [4.78, 5) is 63.5. The lowest BCUT2D eigenvalue weighted by Crippen LogP contribution is -2.53. The third-order valence-corrected chi connectivity index (χ3v) is 13.9. The Bertz CT molecular complexity index is 2340. The van der Waals surface area contributed by atoms with Crippen LogP contribution >= 0.6 is 27.5 Å². The zero-order valence-electron chi connectivity index (χ0n) is 31.6. The van der Waals surface area contributed by atoms with E-state index in [1.165, 1.54) is 41.8 Å². The molecule has 4 aromatic rings. The molecule has 4 aromatic carbocycles. The van der Waals surface area contributed by atoms with Crippen molar-refractivity contribution >= 4 is 56.8 Å². The lowest BCUT2D eigenvalue weighted by Gasteiger charge is -2.50. The fourth-order valence-corrected chi connectivity index (χ4v) is 11.1. The normalized spacial score (nSPS) is 27.3. The summed E-state index contributed by atoms with van der Waals surface area (Å²) in [6.45, 7) is 2.29. The van der Waals surface area contributed by atoms with Gasteiger partial charge < -0.3 is 9.84 Å². The van der Waals surface area contributed by atoms with Gasteiger partial charge in [0, 0.05) is 36.6 Å². The number of allylic oxidation sites excluding steroid dienone is 2. The van der Waals surface area contributed by atoms with Crippen LogP contribution < -0.4 is 10.2 Å². The van der Waals surface area contributed by atoms with E-state index in [-0.39, 0.29) is 35.8 Å². The third kappa shape index (κ3) is 6.14. The van der Waals surface area contributed by atoms with Gasteiger partial charge in [0.1, 0.15) is 5.82 Å². The van der Waals surface area contributed by atoms with Gasteiger partial charge in [0.15, 0.2) is 11.5 Å². The molecule has 0 spiro atoms. The zero-order chi connectivity index (χ0) is 40.5. The number of aromatic hydroxyl groups is 1. The Kier molecular flexibility index (Phi) is 9.93. The highest BCUT2D eigenvalue weighted by Gasteiger charge is 2.70. The summed E-state index contributed by atoms with van der Waals surface area (Å²) in [5.74, 6) is -5.67. The monoisotopic (exact) mass is 866 g/mol. The second-order valence-corrected chi connectivity index (χ2v) is 17.3. The van der Waals surface area contributed by atoms with Crippen molar-refractivity contribution in [2.75, 3.05) is 25.6 Å². The van der Waals surface area contributed by atoms with Crippen molar-refractivity contribution in [2.45, 2.75) is 49.6 Å². The molecule has 6 atom stereocenters. The van der Waals surface area contributed by atoms with Crippen LogP contribution in [0.4, 0.5) is 10.1 Å². The Hall–Kier alpha value is -5.04. The fourth-order valence-electron chi connectivity index (χ4n) is 10.5. The van der Waals surface area contributed by atoms with Gasteiger partial charge in [-0.25, -0.2) is 4.39 Å². The number of phenols is 1. The summed E-state index contributed by atoms with van der Waals surface area (Å²) < 4.78 is 19.9. The summed E-state index contributed by atoms with van der Waals surface area (Å²) >= 11 is 9.91. The number of nitrogens with one attached hydrogen (secondary N) is 1. The van der Waals surface area contributed by atoms with Crippen LogP contribution in [0.25, 0.3) is 0 Å². The summed E-state index contributed by atoms with van der Waals surface area (Å²) in [5.41, 5.74) is 4.83. The molecule has 298 valence electrons. The third-order valence-electron chi connectivity index (χ3n) is 13.1. The van der Waals surface area contributed by atoms with E-state index in [0.29, 0.717) is 45.6 Å². The molecule has 3 aliphatic heterocycles. The predicted molar refractivity (Wildman–Crippen MR) is 218 cm³/mol. The molecule has 1 saturated carbocycles. The minimum atomic E-state index is -1.57. The largest absolute Gasteiger partial charge is 0.503 e. The van der Waals surface area contributed by atoms with Crippen molar-refractivity contribution in [3.8, 4) is 11.5 Å². The number of nitrogens with zero attached hydrogens (tertiary/aromatic N) is 3. The van der Waals surface area contributed by atoms with E-state index in [4.69, 9.17) is 16.3 Å². The summed E-state index contributed by atoms with van der Waals surface area (Å²) in [5, 5.41) is 12.4. The second kappa shape index (κ2) is 15.0. The number of rotatable bonds is 8. The molecule has 6 unspecified atom stereocenters. The Morgan fingerprint density at radius 3 is 2.31 bits per heavy atom. The zero-order valence-corrected chi connectivity index (χ0v) is 34.0. The number of benzene rings is 4. The standard InChI is InChI=1S/C45H41BrClFN4O6/c1-58-37-22-26(21-36(46)40(37)53)39-32-15-16-33-38(43(56)51(41(33)54)31-17-19-50(20-18-31)24-25-5-3-2-4-6-25)34(32)23-35-42(55)52(49-30-13-11-29(48)12-14-30)44(57)45(35,39)27-7-9-28(47)10-8-27/h2-15,21-22,31,33-35,38-39,49,53H,16-20,23-24H2,1H3. The van der Waals surface area contributed by atoms with Crippen molar-refractivity contribution in [3.05, 3.63) is 135 Å². The number of likely N-dealkylation sites (tertiary alicyclic amines) is 2. The van der Waals surface area contributed by atoms with E-state index in [0.717, 1.165) is 30.2 Å². The summed E-state index contributed by atoms with van der Waals surface area (Å²) in [7, 11) is 1.43. The van der Waals surface area contributed by atoms with Gasteiger partial charge in [-0.15, -0.1) is 0 Å². The van der Waals surface area contributed by atoms with Crippen molar-refractivity contribution < 1.29 is 33.4 Å². The smallest absolute Gasteiger partial charge is 0.260 e.